The molecule has 0 radical (unpaired) electrons. The van der Waals surface area contributed by atoms with Gasteiger partial charge in [0.2, 0.25) is 0 Å². The molecular formula is C18H21N3O2. The van der Waals surface area contributed by atoms with Crippen LogP contribution in [-0.4, -0.2) is 22.0 Å². The van der Waals surface area contributed by atoms with Gasteiger partial charge >= 0.3 is 0 Å². The van der Waals surface area contributed by atoms with Crippen LogP contribution in [0.1, 0.15) is 45.9 Å². The zero-order valence-electron chi connectivity index (χ0n) is 13.5. The number of carbonyl (C=O) groups excluding carboxylic acids is 1. The molecule has 0 aliphatic heterocycles. The van der Waals surface area contributed by atoms with Crippen molar-refractivity contribution in [3.8, 4) is 0 Å². The van der Waals surface area contributed by atoms with E-state index in [1.165, 1.54) is 4.57 Å². The monoisotopic (exact) mass is 311 g/mol. The fraction of sp³-hybridized carbons (Fsp3) is 0.389. The average Bonchev–Trinajstić information content (AvgIpc) is 3.36. The quantitative estimate of drug-likeness (QED) is 0.920. The molecule has 120 valence electrons. The van der Waals surface area contributed by atoms with Crippen LogP contribution in [-0.2, 0) is 6.54 Å². The topological polar surface area (TPSA) is 64.0 Å². The third kappa shape index (κ3) is 3.67. The summed E-state index contributed by atoms with van der Waals surface area (Å²) in [4.78, 5) is 28.5. The van der Waals surface area contributed by atoms with Gasteiger partial charge in [-0.15, -0.1) is 0 Å². The minimum Gasteiger partial charge on any atom is -0.350 e. The number of nitrogens with zero attached hydrogens (tertiary/aromatic N) is 2. The maximum absolute atomic E-state index is 12.1. The summed E-state index contributed by atoms with van der Waals surface area (Å²) in [6, 6.07) is 7.25. The molecule has 1 fully saturated rings. The second kappa shape index (κ2) is 6.36. The molecule has 2 aromatic rings. The molecule has 1 aromatic carbocycles. The zero-order chi connectivity index (χ0) is 16.4. The van der Waals surface area contributed by atoms with Crippen LogP contribution < -0.4 is 10.9 Å². The van der Waals surface area contributed by atoms with Gasteiger partial charge in [-0.1, -0.05) is 6.07 Å². The van der Waals surface area contributed by atoms with Crippen molar-refractivity contribution in [1.29, 1.82) is 0 Å². The van der Waals surface area contributed by atoms with Gasteiger partial charge in [-0.05, 0) is 49.9 Å². The molecular weight excluding hydrogens is 290 g/mol. The van der Waals surface area contributed by atoms with E-state index < -0.39 is 0 Å². The SMILES string of the molecule is Cc1ccc(C(=O)NCCn2cnc(C3CC3)cc2=O)cc1C. The van der Waals surface area contributed by atoms with Crippen LogP contribution in [0.3, 0.4) is 0 Å². The van der Waals surface area contributed by atoms with E-state index in [-0.39, 0.29) is 11.5 Å². The summed E-state index contributed by atoms with van der Waals surface area (Å²) in [7, 11) is 0. The van der Waals surface area contributed by atoms with Crippen LogP contribution in [0.25, 0.3) is 0 Å². The fourth-order valence-electron chi connectivity index (χ4n) is 2.48. The van der Waals surface area contributed by atoms with Crippen molar-refractivity contribution in [3.05, 3.63) is 63.3 Å². The summed E-state index contributed by atoms with van der Waals surface area (Å²) >= 11 is 0. The fourth-order valence-corrected chi connectivity index (χ4v) is 2.48. The minimum atomic E-state index is -0.122. The van der Waals surface area contributed by atoms with Gasteiger partial charge in [0.1, 0.15) is 0 Å². The number of nitrogens with one attached hydrogen (secondary N) is 1. The van der Waals surface area contributed by atoms with Crippen LogP contribution in [0.5, 0.6) is 0 Å². The minimum absolute atomic E-state index is 0.0534. The number of aryl methyl sites for hydroxylation is 2. The lowest BCUT2D eigenvalue weighted by molar-refractivity contribution is 0.0952. The molecule has 1 aromatic heterocycles. The Bertz CT molecular complexity index is 791. The summed E-state index contributed by atoms with van der Waals surface area (Å²) in [5.41, 5.74) is 3.74. The molecule has 0 saturated heterocycles. The van der Waals surface area contributed by atoms with E-state index in [2.05, 4.69) is 10.3 Å². The number of hydrogen-bond acceptors (Lipinski definition) is 3. The molecule has 3 rings (SSSR count). The van der Waals surface area contributed by atoms with Crippen LogP contribution in [0, 0.1) is 13.8 Å². The molecule has 1 N–H and O–H groups in total. The van der Waals surface area contributed by atoms with Gasteiger partial charge in [-0.2, -0.15) is 0 Å². The Labute approximate surface area is 135 Å². The highest BCUT2D eigenvalue weighted by molar-refractivity contribution is 5.94. The largest absolute Gasteiger partial charge is 0.350 e. The second-order valence-electron chi connectivity index (χ2n) is 6.17. The van der Waals surface area contributed by atoms with E-state index in [9.17, 15) is 9.59 Å². The Hall–Kier alpha value is -2.43. The smallest absolute Gasteiger partial charge is 0.253 e. The van der Waals surface area contributed by atoms with Gasteiger partial charge in [0, 0.05) is 30.6 Å². The summed E-state index contributed by atoms with van der Waals surface area (Å²) in [6.45, 7) is 4.82. The summed E-state index contributed by atoms with van der Waals surface area (Å²) in [5.74, 6) is 0.352. The number of benzene rings is 1. The molecule has 0 atom stereocenters. The maximum atomic E-state index is 12.1. The number of hydrogen-bond donors (Lipinski definition) is 1. The maximum Gasteiger partial charge on any atom is 0.253 e. The number of amides is 1. The standard InChI is InChI=1S/C18H21N3O2/c1-12-3-4-15(9-13(12)2)18(23)19-7-8-21-11-20-16(10-17(21)22)14-5-6-14/h3-4,9-11,14H,5-8H2,1-2H3,(H,19,23). The third-order valence-electron chi connectivity index (χ3n) is 4.30. The predicted molar refractivity (Wildman–Crippen MR) is 88.7 cm³/mol. The molecule has 1 saturated carbocycles. The summed E-state index contributed by atoms with van der Waals surface area (Å²) < 4.78 is 1.53. The normalized spacial score (nSPS) is 13.8. The molecule has 0 unspecified atom stereocenters. The summed E-state index contributed by atoms with van der Waals surface area (Å²) in [5, 5.41) is 2.84. The Balaban J connectivity index is 1.57. The molecule has 1 aliphatic carbocycles. The van der Waals surface area contributed by atoms with Crippen molar-refractivity contribution < 1.29 is 4.79 Å². The lowest BCUT2D eigenvalue weighted by atomic mass is 10.1. The number of rotatable bonds is 5. The van der Waals surface area contributed by atoms with Crippen LogP contribution in [0.4, 0.5) is 0 Å². The summed E-state index contributed by atoms with van der Waals surface area (Å²) in [6.07, 6.45) is 3.84. The first kappa shape index (κ1) is 15.5. The Kier molecular flexibility index (Phi) is 4.28. The Morgan fingerprint density at radius 1 is 1.26 bits per heavy atom. The van der Waals surface area contributed by atoms with Crippen molar-refractivity contribution in [2.24, 2.45) is 0 Å². The second-order valence-corrected chi connectivity index (χ2v) is 6.17. The number of carbonyl (C=O) groups is 1. The average molecular weight is 311 g/mol. The first-order valence-corrected chi connectivity index (χ1v) is 7.96. The highest BCUT2D eigenvalue weighted by Crippen LogP contribution is 2.38. The van der Waals surface area contributed by atoms with Crippen LogP contribution in [0.2, 0.25) is 0 Å². The van der Waals surface area contributed by atoms with Crippen molar-refractivity contribution in [2.45, 2.75) is 39.2 Å². The van der Waals surface area contributed by atoms with Crippen LogP contribution in [0.15, 0.2) is 35.4 Å². The van der Waals surface area contributed by atoms with E-state index in [1.807, 2.05) is 32.0 Å². The molecule has 0 spiro atoms. The molecule has 1 amide bonds. The van der Waals surface area contributed by atoms with Crippen molar-refractivity contribution in [3.63, 3.8) is 0 Å². The molecule has 5 nitrogen and oxygen atoms in total. The van der Waals surface area contributed by atoms with Crippen LogP contribution >= 0.6 is 0 Å². The molecule has 1 aliphatic rings. The lowest BCUT2D eigenvalue weighted by Crippen LogP contribution is -2.31. The Morgan fingerprint density at radius 3 is 2.70 bits per heavy atom. The molecule has 23 heavy (non-hydrogen) atoms. The highest BCUT2D eigenvalue weighted by atomic mass is 16.1. The lowest BCUT2D eigenvalue weighted by Gasteiger charge is -2.09. The van der Waals surface area contributed by atoms with Gasteiger partial charge in [-0.3, -0.25) is 14.2 Å². The number of aromatic nitrogens is 2. The first-order valence-electron chi connectivity index (χ1n) is 7.96. The van der Waals surface area contributed by atoms with Gasteiger partial charge in [-0.25, -0.2) is 4.98 Å². The van der Waals surface area contributed by atoms with Gasteiger partial charge in [0.25, 0.3) is 11.5 Å². The third-order valence-corrected chi connectivity index (χ3v) is 4.30. The van der Waals surface area contributed by atoms with Gasteiger partial charge in [0.15, 0.2) is 0 Å². The predicted octanol–water partition coefficient (Wildman–Crippen LogP) is 2.17. The van der Waals surface area contributed by atoms with Crippen molar-refractivity contribution >= 4 is 5.91 Å². The van der Waals surface area contributed by atoms with E-state index >= 15 is 0 Å². The van der Waals surface area contributed by atoms with E-state index in [0.29, 0.717) is 24.6 Å². The zero-order valence-corrected chi connectivity index (χ0v) is 13.5. The van der Waals surface area contributed by atoms with Crippen molar-refractivity contribution in [1.82, 2.24) is 14.9 Å². The molecule has 5 heteroatoms. The van der Waals surface area contributed by atoms with Gasteiger partial charge in [0.05, 0.1) is 12.0 Å². The van der Waals surface area contributed by atoms with E-state index in [0.717, 1.165) is 29.7 Å². The first-order chi connectivity index (χ1) is 11.0. The highest BCUT2D eigenvalue weighted by Gasteiger charge is 2.25. The van der Waals surface area contributed by atoms with Crippen molar-refractivity contribution in [2.75, 3.05) is 6.54 Å². The Morgan fingerprint density at radius 2 is 2.04 bits per heavy atom. The van der Waals surface area contributed by atoms with E-state index in [4.69, 9.17) is 0 Å². The van der Waals surface area contributed by atoms with E-state index in [1.54, 1.807) is 12.4 Å². The molecule has 1 heterocycles. The van der Waals surface area contributed by atoms with Gasteiger partial charge < -0.3 is 5.32 Å². The molecule has 0 bridgehead atoms.